The highest BCUT2D eigenvalue weighted by Crippen LogP contribution is 2.40. The van der Waals surface area contributed by atoms with E-state index >= 15 is 0 Å². The number of tetrazole rings is 1. The molecule has 1 aliphatic carbocycles. The van der Waals surface area contributed by atoms with Crippen LogP contribution < -0.4 is 0 Å². The first-order chi connectivity index (χ1) is 8.86. The Balaban J connectivity index is 1.84. The Labute approximate surface area is 108 Å². The van der Waals surface area contributed by atoms with Crippen molar-refractivity contribution < 1.29 is 18.3 Å². The van der Waals surface area contributed by atoms with Gasteiger partial charge in [0.1, 0.15) is 0 Å². The van der Waals surface area contributed by atoms with Gasteiger partial charge in [0, 0.05) is 6.42 Å². The van der Waals surface area contributed by atoms with Gasteiger partial charge in [0.15, 0.2) is 5.82 Å². The number of aryl methyl sites for hydroxylation is 1. The third kappa shape index (κ3) is 3.65. The summed E-state index contributed by atoms with van der Waals surface area (Å²) in [6.07, 6.45) is -3.58. The molecule has 0 saturated heterocycles. The molecule has 1 N–H and O–H groups in total. The van der Waals surface area contributed by atoms with Crippen molar-refractivity contribution in [3.63, 3.8) is 0 Å². The van der Waals surface area contributed by atoms with E-state index in [0.717, 1.165) is 0 Å². The zero-order chi connectivity index (χ0) is 14.0. The normalized spacial score (nSPS) is 26.4. The molecule has 0 bridgehead atoms. The van der Waals surface area contributed by atoms with Crippen LogP contribution >= 0.6 is 0 Å². The van der Waals surface area contributed by atoms with Crippen molar-refractivity contribution >= 4 is 0 Å². The molecule has 0 spiro atoms. The number of hydrogen-bond donors (Lipinski definition) is 1. The zero-order valence-electron chi connectivity index (χ0n) is 10.6. The number of nitrogens with zero attached hydrogens (tertiary/aromatic N) is 4. The monoisotopic (exact) mass is 278 g/mol. The molecule has 1 unspecified atom stereocenters. The van der Waals surface area contributed by atoms with Crippen LogP contribution in [0.1, 0.15) is 31.5 Å². The lowest BCUT2D eigenvalue weighted by molar-refractivity contribution is -0.185. The number of halogens is 3. The van der Waals surface area contributed by atoms with Crippen LogP contribution in [0.3, 0.4) is 0 Å². The molecule has 1 fully saturated rings. The van der Waals surface area contributed by atoms with E-state index in [0.29, 0.717) is 18.7 Å². The summed E-state index contributed by atoms with van der Waals surface area (Å²) < 4.78 is 37.6. The zero-order valence-corrected chi connectivity index (χ0v) is 10.6. The van der Waals surface area contributed by atoms with Crippen molar-refractivity contribution in [3.05, 3.63) is 5.82 Å². The van der Waals surface area contributed by atoms with Gasteiger partial charge < -0.3 is 5.11 Å². The van der Waals surface area contributed by atoms with Crippen LogP contribution in [-0.2, 0) is 13.5 Å². The fraction of sp³-hybridized carbons (Fsp3) is 0.909. The molecule has 1 heterocycles. The molecular formula is C11H17F3N4O. The van der Waals surface area contributed by atoms with Crippen molar-refractivity contribution in [2.75, 3.05) is 0 Å². The minimum absolute atomic E-state index is 0.0964. The molecule has 5 nitrogen and oxygen atoms in total. The second-order valence-corrected chi connectivity index (χ2v) is 5.12. The third-order valence-electron chi connectivity index (χ3n) is 3.72. The van der Waals surface area contributed by atoms with Gasteiger partial charge in [0.2, 0.25) is 0 Å². The third-order valence-corrected chi connectivity index (χ3v) is 3.72. The highest BCUT2D eigenvalue weighted by atomic mass is 19.4. The van der Waals surface area contributed by atoms with Crippen molar-refractivity contribution in [3.8, 4) is 0 Å². The number of alkyl halides is 3. The molecule has 1 aliphatic rings. The highest BCUT2D eigenvalue weighted by molar-refractivity contribution is 4.87. The summed E-state index contributed by atoms with van der Waals surface area (Å²) in [5.74, 6) is -0.902. The average molecular weight is 278 g/mol. The maximum Gasteiger partial charge on any atom is 0.391 e. The summed E-state index contributed by atoms with van der Waals surface area (Å²) in [4.78, 5) is 1.29. The van der Waals surface area contributed by atoms with Crippen LogP contribution in [0.5, 0.6) is 0 Å². The number of aromatic nitrogens is 4. The molecule has 0 amide bonds. The first-order valence-corrected chi connectivity index (χ1v) is 6.34. The van der Waals surface area contributed by atoms with Gasteiger partial charge in [-0.15, -0.1) is 10.2 Å². The molecule has 8 heteroatoms. The molecule has 1 saturated carbocycles. The van der Waals surface area contributed by atoms with Gasteiger partial charge >= 0.3 is 6.18 Å². The van der Waals surface area contributed by atoms with E-state index < -0.39 is 18.2 Å². The van der Waals surface area contributed by atoms with Crippen molar-refractivity contribution in [1.82, 2.24) is 20.2 Å². The van der Waals surface area contributed by atoms with E-state index in [2.05, 4.69) is 15.4 Å². The summed E-state index contributed by atoms with van der Waals surface area (Å²) in [6, 6.07) is 0. The van der Waals surface area contributed by atoms with Gasteiger partial charge in [-0.1, -0.05) is 0 Å². The second kappa shape index (κ2) is 5.44. The predicted octanol–water partition coefficient (Wildman–Crippen LogP) is 1.48. The fourth-order valence-corrected chi connectivity index (χ4v) is 2.59. The van der Waals surface area contributed by atoms with E-state index in [1.165, 1.54) is 4.80 Å². The van der Waals surface area contributed by atoms with Crippen molar-refractivity contribution in [2.24, 2.45) is 18.9 Å². The topological polar surface area (TPSA) is 63.8 Å². The van der Waals surface area contributed by atoms with E-state index in [1.807, 2.05) is 0 Å². The van der Waals surface area contributed by atoms with Crippen molar-refractivity contribution in [2.45, 2.75) is 44.4 Å². The second-order valence-electron chi connectivity index (χ2n) is 5.12. The fourth-order valence-electron chi connectivity index (χ4n) is 2.59. The first kappa shape index (κ1) is 14.2. The van der Waals surface area contributed by atoms with Gasteiger partial charge in [-0.25, -0.2) is 0 Å². The summed E-state index contributed by atoms with van der Waals surface area (Å²) in [7, 11) is 1.62. The number of hydrogen-bond acceptors (Lipinski definition) is 4. The van der Waals surface area contributed by atoms with Gasteiger partial charge in [-0.2, -0.15) is 18.0 Å². The van der Waals surface area contributed by atoms with E-state index in [1.54, 1.807) is 7.05 Å². The molecule has 1 atom stereocenters. The Kier molecular flexibility index (Phi) is 4.07. The van der Waals surface area contributed by atoms with Crippen molar-refractivity contribution in [1.29, 1.82) is 0 Å². The summed E-state index contributed by atoms with van der Waals surface area (Å²) in [6.45, 7) is 0. The maximum atomic E-state index is 12.5. The van der Waals surface area contributed by atoms with Crippen LogP contribution in [0.15, 0.2) is 0 Å². The van der Waals surface area contributed by atoms with Gasteiger partial charge in [0.05, 0.1) is 19.1 Å². The standard InChI is InChI=1S/C11H17F3N4O/c1-18-16-10(15-17-18)6-9(19)7-2-4-8(5-3-7)11(12,13)14/h7-9,19H,2-6H2,1H3. The molecule has 0 aromatic carbocycles. The molecule has 1 aromatic heterocycles. The van der Waals surface area contributed by atoms with Crippen LogP contribution in [0.4, 0.5) is 13.2 Å². The molecule has 2 rings (SSSR count). The Morgan fingerprint density at radius 1 is 1.32 bits per heavy atom. The molecular weight excluding hydrogens is 261 g/mol. The average Bonchev–Trinajstić information content (AvgIpc) is 2.74. The molecule has 0 radical (unpaired) electrons. The number of aliphatic hydroxyl groups excluding tert-OH is 1. The van der Waals surface area contributed by atoms with Crippen LogP contribution in [0.25, 0.3) is 0 Å². The largest absolute Gasteiger partial charge is 0.392 e. The van der Waals surface area contributed by atoms with E-state index in [-0.39, 0.29) is 25.2 Å². The Bertz CT molecular complexity index is 412. The van der Waals surface area contributed by atoms with E-state index in [4.69, 9.17) is 0 Å². The lowest BCUT2D eigenvalue weighted by atomic mass is 9.78. The minimum Gasteiger partial charge on any atom is -0.392 e. The van der Waals surface area contributed by atoms with Crippen LogP contribution in [0.2, 0.25) is 0 Å². The molecule has 19 heavy (non-hydrogen) atoms. The maximum absolute atomic E-state index is 12.5. The Morgan fingerprint density at radius 3 is 2.42 bits per heavy atom. The molecule has 108 valence electrons. The summed E-state index contributed by atoms with van der Waals surface area (Å²) in [5.41, 5.74) is 0. The van der Waals surface area contributed by atoms with E-state index in [9.17, 15) is 18.3 Å². The smallest absolute Gasteiger partial charge is 0.391 e. The van der Waals surface area contributed by atoms with Crippen LogP contribution in [-0.4, -0.2) is 37.6 Å². The molecule has 1 aromatic rings. The lowest BCUT2D eigenvalue weighted by Gasteiger charge is -2.32. The number of rotatable bonds is 3. The van der Waals surface area contributed by atoms with Crippen LogP contribution in [0, 0.1) is 11.8 Å². The highest BCUT2D eigenvalue weighted by Gasteiger charge is 2.42. The predicted molar refractivity (Wildman–Crippen MR) is 60.0 cm³/mol. The quantitative estimate of drug-likeness (QED) is 0.909. The van der Waals surface area contributed by atoms with Gasteiger partial charge in [-0.3, -0.25) is 0 Å². The Hall–Kier alpha value is -1.18. The lowest BCUT2D eigenvalue weighted by Crippen LogP contribution is -2.33. The molecule has 0 aliphatic heterocycles. The Morgan fingerprint density at radius 2 is 1.95 bits per heavy atom. The number of aliphatic hydroxyl groups is 1. The van der Waals surface area contributed by atoms with Gasteiger partial charge in [0.25, 0.3) is 0 Å². The summed E-state index contributed by atoms with van der Waals surface area (Å²) >= 11 is 0. The first-order valence-electron chi connectivity index (χ1n) is 6.34. The summed E-state index contributed by atoms with van der Waals surface area (Å²) in [5, 5.41) is 21.4. The SMILES string of the molecule is Cn1nnc(CC(O)C2CCC(C(F)(F)F)CC2)n1. The minimum atomic E-state index is -4.11. The van der Waals surface area contributed by atoms with Gasteiger partial charge in [-0.05, 0) is 36.8 Å².